The maximum atomic E-state index is 12.2. The molecule has 0 radical (unpaired) electrons. The Hall–Kier alpha value is -1.89. The van der Waals surface area contributed by atoms with E-state index in [2.05, 4.69) is 20.1 Å². The molecule has 1 amide bonds. The Bertz CT molecular complexity index is 548. The van der Waals surface area contributed by atoms with Crippen LogP contribution in [0.25, 0.3) is 0 Å². The number of rotatable bonds is 5. The summed E-state index contributed by atoms with van der Waals surface area (Å²) in [5, 5.41) is 10.9. The summed E-state index contributed by atoms with van der Waals surface area (Å²) in [4.78, 5) is 12.2. The quantitative estimate of drug-likeness (QED) is 0.870. The fourth-order valence-corrected chi connectivity index (χ4v) is 2.58. The summed E-state index contributed by atoms with van der Waals surface area (Å²) in [7, 11) is 1.79. The molecule has 0 saturated carbocycles. The van der Waals surface area contributed by atoms with E-state index in [1.54, 1.807) is 17.9 Å². The number of hydrogen-bond donors (Lipinski definition) is 2. The highest BCUT2D eigenvalue weighted by molar-refractivity contribution is 7.10. The van der Waals surface area contributed by atoms with Crippen molar-refractivity contribution >= 4 is 22.4 Å². The van der Waals surface area contributed by atoms with Gasteiger partial charge in [0.05, 0.1) is 17.8 Å². The lowest BCUT2D eigenvalue weighted by molar-refractivity contribution is 0.0936. The number of carbonyl (C=O) groups is 1. The van der Waals surface area contributed by atoms with E-state index < -0.39 is 0 Å². The molecule has 19 heavy (non-hydrogen) atoms. The van der Waals surface area contributed by atoms with E-state index in [-0.39, 0.29) is 11.9 Å². The molecule has 6 nitrogen and oxygen atoms in total. The zero-order valence-corrected chi connectivity index (χ0v) is 12.0. The first-order valence-electron chi connectivity index (χ1n) is 6.04. The topological polar surface area (TPSA) is 71.8 Å². The average Bonchev–Trinajstić information content (AvgIpc) is 2.98. The minimum Gasteiger partial charge on any atom is -0.378 e. The first-order valence-corrected chi connectivity index (χ1v) is 6.81. The summed E-state index contributed by atoms with van der Waals surface area (Å²) < 4.78 is 5.99. The van der Waals surface area contributed by atoms with Gasteiger partial charge >= 0.3 is 0 Å². The standard InChI is InChI=1S/C12H17N5OS/c1-8(7-17-6-4-5-14-17)15-11(18)10-9(2)16-19-12(10)13-3/h4-6,8,13H,7H2,1-3H3,(H,15,18)/t8-/m0/s1. The Labute approximate surface area is 116 Å². The SMILES string of the molecule is CNc1snc(C)c1C(=O)N[C@@H](C)Cn1cccn1. The van der Waals surface area contributed by atoms with Crippen molar-refractivity contribution in [2.24, 2.45) is 0 Å². The normalized spacial score (nSPS) is 12.2. The molecule has 0 aromatic carbocycles. The molecule has 1 atom stereocenters. The molecule has 2 aromatic heterocycles. The summed E-state index contributed by atoms with van der Waals surface area (Å²) in [6, 6.07) is 1.86. The van der Waals surface area contributed by atoms with E-state index in [9.17, 15) is 4.79 Å². The highest BCUT2D eigenvalue weighted by Gasteiger charge is 2.19. The summed E-state index contributed by atoms with van der Waals surface area (Å²) >= 11 is 1.30. The van der Waals surface area contributed by atoms with Gasteiger partial charge < -0.3 is 10.6 Å². The predicted octanol–water partition coefficient (Wildman–Crippen LogP) is 1.51. The Morgan fingerprint density at radius 1 is 1.58 bits per heavy atom. The average molecular weight is 279 g/mol. The van der Waals surface area contributed by atoms with Gasteiger partial charge in [-0.15, -0.1) is 0 Å². The Kier molecular flexibility index (Phi) is 4.16. The molecule has 2 rings (SSSR count). The van der Waals surface area contributed by atoms with Gasteiger partial charge in [-0.2, -0.15) is 9.47 Å². The molecule has 2 heterocycles. The molecule has 7 heteroatoms. The van der Waals surface area contributed by atoms with Crippen LogP contribution in [0.4, 0.5) is 5.00 Å². The first kappa shape index (κ1) is 13.5. The van der Waals surface area contributed by atoms with Crippen molar-refractivity contribution in [3.8, 4) is 0 Å². The van der Waals surface area contributed by atoms with E-state index >= 15 is 0 Å². The van der Waals surface area contributed by atoms with Gasteiger partial charge in [-0.05, 0) is 31.4 Å². The molecule has 0 unspecified atom stereocenters. The largest absolute Gasteiger partial charge is 0.378 e. The van der Waals surface area contributed by atoms with Crippen molar-refractivity contribution in [2.45, 2.75) is 26.4 Å². The number of hydrogen-bond acceptors (Lipinski definition) is 5. The minimum atomic E-state index is -0.102. The first-order chi connectivity index (χ1) is 9.11. The van der Waals surface area contributed by atoms with Crippen molar-refractivity contribution in [2.75, 3.05) is 12.4 Å². The highest BCUT2D eigenvalue weighted by Crippen LogP contribution is 2.23. The van der Waals surface area contributed by atoms with Crippen LogP contribution in [0.15, 0.2) is 18.5 Å². The third-order valence-electron chi connectivity index (χ3n) is 2.71. The van der Waals surface area contributed by atoms with Crippen molar-refractivity contribution in [1.29, 1.82) is 0 Å². The lowest BCUT2D eigenvalue weighted by Crippen LogP contribution is -2.36. The second-order valence-corrected chi connectivity index (χ2v) is 5.10. The van der Waals surface area contributed by atoms with Crippen LogP contribution < -0.4 is 10.6 Å². The minimum absolute atomic E-state index is 0.00333. The van der Waals surface area contributed by atoms with Crippen LogP contribution in [-0.2, 0) is 6.54 Å². The van der Waals surface area contributed by atoms with Gasteiger partial charge in [0.1, 0.15) is 5.00 Å². The van der Waals surface area contributed by atoms with Crippen LogP contribution in [0, 0.1) is 6.92 Å². The predicted molar refractivity (Wildman–Crippen MR) is 75.6 cm³/mol. The Morgan fingerprint density at radius 3 is 3.00 bits per heavy atom. The number of aryl methyl sites for hydroxylation is 1. The van der Waals surface area contributed by atoms with Crippen molar-refractivity contribution in [3.63, 3.8) is 0 Å². The van der Waals surface area contributed by atoms with Gasteiger partial charge in [-0.25, -0.2) is 0 Å². The van der Waals surface area contributed by atoms with Crippen molar-refractivity contribution in [3.05, 3.63) is 29.7 Å². The highest BCUT2D eigenvalue weighted by atomic mass is 32.1. The van der Waals surface area contributed by atoms with Crippen molar-refractivity contribution < 1.29 is 4.79 Å². The summed E-state index contributed by atoms with van der Waals surface area (Å²) in [6.07, 6.45) is 3.60. The molecular weight excluding hydrogens is 262 g/mol. The van der Waals surface area contributed by atoms with Crippen LogP contribution in [0.5, 0.6) is 0 Å². The summed E-state index contributed by atoms with van der Waals surface area (Å²) in [5.74, 6) is -0.102. The zero-order valence-electron chi connectivity index (χ0n) is 11.2. The number of nitrogens with one attached hydrogen (secondary N) is 2. The van der Waals surface area contributed by atoms with Gasteiger partial charge in [0, 0.05) is 25.5 Å². The van der Waals surface area contributed by atoms with E-state index in [1.807, 2.05) is 26.1 Å². The molecule has 0 aliphatic heterocycles. The van der Waals surface area contributed by atoms with Gasteiger partial charge in [0.15, 0.2) is 0 Å². The van der Waals surface area contributed by atoms with E-state index in [0.717, 1.165) is 10.7 Å². The molecule has 0 aliphatic rings. The number of carbonyl (C=O) groups excluding carboxylic acids is 1. The Balaban J connectivity index is 2.02. The third-order valence-corrected chi connectivity index (χ3v) is 3.67. The smallest absolute Gasteiger partial charge is 0.256 e. The van der Waals surface area contributed by atoms with Crippen LogP contribution in [-0.4, -0.2) is 33.2 Å². The maximum absolute atomic E-state index is 12.2. The third kappa shape index (κ3) is 3.11. The summed E-state index contributed by atoms with van der Waals surface area (Å²) in [6.45, 7) is 4.43. The molecule has 0 bridgehead atoms. The number of anilines is 1. The van der Waals surface area contributed by atoms with E-state index in [0.29, 0.717) is 12.1 Å². The molecule has 2 N–H and O–H groups in total. The molecule has 0 aliphatic carbocycles. The lowest BCUT2D eigenvalue weighted by atomic mass is 10.2. The molecule has 0 spiro atoms. The fraction of sp³-hybridized carbons (Fsp3) is 0.417. The zero-order chi connectivity index (χ0) is 13.8. The molecule has 2 aromatic rings. The van der Waals surface area contributed by atoms with Gasteiger partial charge in [0.25, 0.3) is 5.91 Å². The van der Waals surface area contributed by atoms with Crippen LogP contribution in [0.1, 0.15) is 23.0 Å². The number of nitrogens with zero attached hydrogens (tertiary/aromatic N) is 3. The number of aromatic nitrogens is 3. The van der Waals surface area contributed by atoms with E-state index in [1.165, 1.54) is 11.5 Å². The van der Waals surface area contributed by atoms with E-state index in [4.69, 9.17) is 0 Å². The van der Waals surface area contributed by atoms with Crippen LogP contribution in [0.2, 0.25) is 0 Å². The monoisotopic (exact) mass is 279 g/mol. The van der Waals surface area contributed by atoms with Gasteiger partial charge in [0.2, 0.25) is 0 Å². The van der Waals surface area contributed by atoms with Crippen molar-refractivity contribution in [1.82, 2.24) is 19.5 Å². The maximum Gasteiger partial charge on any atom is 0.256 e. The molecule has 0 fully saturated rings. The van der Waals surface area contributed by atoms with Gasteiger partial charge in [-0.1, -0.05) is 0 Å². The molecule has 102 valence electrons. The second-order valence-electron chi connectivity index (χ2n) is 4.32. The van der Waals surface area contributed by atoms with Crippen LogP contribution >= 0.6 is 11.5 Å². The lowest BCUT2D eigenvalue weighted by Gasteiger charge is -2.14. The second kappa shape index (κ2) is 5.83. The summed E-state index contributed by atoms with van der Waals surface area (Å²) in [5.41, 5.74) is 1.37. The molecular formula is C12H17N5OS. The number of amides is 1. The van der Waals surface area contributed by atoms with Gasteiger partial charge in [-0.3, -0.25) is 9.48 Å². The fourth-order valence-electron chi connectivity index (χ4n) is 1.84. The molecule has 0 saturated heterocycles. The van der Waals surface area contributed by atoms with Crippen LogP contribution in [0.3, 0.4) is 0 Å². The Morgan fingerprint density at radius 2 is 2.37 bits per heavy atom.